The summed E-state index contributed by atoms with van der Waals surface area (Å²) in [5, 5.41) is 0. The van der Waals surface area contributed by atoms with E-state index in [-0.39, 0.29) is 29.3 Å². The zero-order valence-corrected chi connectivity index (χ0v) is 18.3. The Morgan fingerprint density at radius 2 is 1.88 bits per heavy atom. The second-order valence-corrected chi connectivity index (χ2v) is 9.12. The van der Waals surface area contributed by atoms with Gasteiger partial charge in [0.05, 0.1) is 29.4 Å². The molecule has 2 aromatic heterocycles. The molecule has 4 heterocycles. The minimum Gasteiger partial charge on any atom is -0.337 e. The van der Waals surface area contributed by atoms with Crippen molar-refractivity contribution in [2.24, 2.45) is 5.92 Å². The summed E-state index contributed by atoms with van der Waals surface area (Å²) in [7, 11) is 0. The number of hydrogen-bond donors (Lipinski definition) is 1. The summed E-state index contributed by atoms with van der Waals surface area (Å²) in [6.07, 6.45) is 10.6. The first-order valence-corrected chi connectivity index (χ1v) is 11.7. The van der Waals surface area contributed by atoms with Crippen LogP contribution in [0.15, 0.2) is 29.3 Å². The molecule has 2 amide bonds. The topological polar surface area (TPSA) is 99.3 Å². The van der Waals surface area contributed by atoms with Crippen LogP contribution < -0.4 is 5.56 Å². The minimum absolute atomic E-state index is 0.0866. The molecule has 0 unspecified atom stereocenters. The van der Waals surface area contributed by atoms with E-state index in [4.69, 9.17) is 4.98 Å². The molecule has 2 aromatic rings. The zero-order chi connectivity index (χ0) is 22.1. The summed E-state index contributed by atoms with van der Waals surface area (Å²) in [5.41, 5.74) is 1.71. The van der Waals surface area contributed by atoms with Crippen molar-refractivity contribution in [3.05, 3.63) is 57.5 Å². The molecule has 0 aromatic carbocycles. The third kappa shape index (κ3) is 3.94. The molecular formula is C24H29N5O3. The standard InChI is InChI=1S/C24H29N5O3/c30-22-18-15-28(23(31)16-6-1-2-7-16)13-10-19(18)26-21(27-22)20-9-3-4-12-29(20)24(32)17-8-5-11-25-14-17/h5,8,11,14,16,20H,1-4,6-7,9-10,12-13,15H2,(H,26,27,30)/t20-/m1/s1. The number of piperidine rings is 1. The largest absolute Gasteiger partial charge is 0.337 e. The van der Waals surface area contributed by atoms with Crippen molar-refractivity contribution in [1.82, 2.24) is 24.8 Å². The van der Waals surface area contributed by atoms with Crippen molar-refractivity contribution in [3.63, 3.8) is 0 Å². The lowest BCUT2D eigenvalue weighted by Crippen LogP contribution is -2.43. The Balaban J connectivity index is 1.39. The second kappa shape index (κ2) is 8.84. The predicted molar refractivity (Wildman–Crippen MR) is 118 cm³/mol. The number of pyridine rings is 1. The number of carbonyl (C=O) groups excluding carboxylic acids is 2. The van der Waals surface area contributed by atoms with E-state index in [2.05, 4.69) is 9.97 Å². The minimum atomic E-state index is -0.257. The fourth-order valence-electron chi connectivity index (χ4n) is 5.34. The van der Waals surface area contributed by atoms with E-state index >= 15 is 0 Å². The smallest absolute Gasteiger partial charge is 0.256 e. The van der Waals surface area contributed by atoms with Crippen LogP contribution in [0.25, 0.3) is 0 Å². The third-order valence-electron chi connectivity index (χ3n) is 7.09. The van der Waals surface area contributed by atoms with E-state index in [1.165, 1.54) is 0 Å². The molecule has 1 saturated heterocycles. The Morgan fingerprint density at radius 1 is 1.06 bits per heavy atom. The molecule has 3 aliphatic rings. The lowest BCUT2D eigenvalue weighted by molar-refractivity contribution is -0.136. The van der Waals surface area contributed by atoms with Crippen LogP contribution in [0.1, 0.15) is 78.4 Å². The summed E-state index contributed by atoms with van der Waals surface area (Å²) >= 11 is 0. The Labute approximate surface area is 187 Å². The predicted octanol–water partition coefficient (Wildman–Crippen LogP) is 2.61. The lowest BCUT2D eigenvalue weighted by atomic mass is 9.99. The van der Waals surface area contributed by atoms with Gasteiger partial charge in [0.15, 0.2) is 0 Å². The van der Waals surface area contributed by atoms with Gasteiger partial charge >= 0.3 is 0 Å². The summed E-state index contributed by atoms with van der Waals surface area (Å²) < 4.78 is 0. The summed E-state index contributed by atoms with van der Waals surface area (Å²) in [5.74, 6) is 0.757. The van der Waals surface area contributed by atoms with Gasteiger partial charge in [-0.1, -0.05) is 12.8 Å². The van der Waals surface area contributed by atoms with Crippen LogP contribution in [0.4, 0.5) is 0 Å². The van der Waals surface area contributed by atoms with Gasteiger partial charge in [-0.3, -0.25) is 19.4 Å². The van der Waals surface area contributed by atoms with Crippen molar-refractivity contribution in [2.75, 3.05) is 13.1 Å². The number of aromatic amines is 1. The zero-order valence-electron chi connectivity index (χ0n) is 18.3. The van der Waals surface area contributed by atoms with Crippen molar-refractivity contribution < 1.29 is 9.59 Å². The number of carbonyl (C=O) groups is 2. The molecule has 32 heavy (non-hydrogen) atoms. The van der Waals surface area contributed by atoms with Crippen molar-refractivity contribution in [2.45, 2.75) is 64.0 Å². The average Bonchev–Trinajstić information content (AvgIpc) is 3.38. The molecule has 0 bridgehead atoms. The molecule has 168 valence electrons. The number of nitrogens with one attached hydrogen (secondary N) is 1. The van der Waals surface area contributed by atoms with Crippen LogP contribution in [0.3, 0.4) is 0 Å². The van der Waals surface area contributed by atoms with E-state index in [1.807, 2.05) is 9.80 Å². The number of fused-ring (bicyclic) bond motifs is 1. The Hall–Kier alpha value is -3.03. The normalized spacial score (nSPS) is 21.4. The van der Waals surface area contributed by atoms with Crippen molar-refractivity contribution in [1.29, 1.82) is 0 Å². The Morgan fingerprint density at radius 3 is 2.66 bits per heavy atom. The van der Waals surface area contributed by atoms with E-state index in [1.54, 1.807) is 24.5 Å². The molecule has 1 aliphatic carbocycles. The molecule has 0 radical (unpaired) electrons. The van der Waals surface area contributed by atoms with Gasteiger partial charge in [-0.2, -0.15) is 0 Å². The number of H-pyrrole nitrogens is 1. The van der Waals surface area contributed by atoms with E-state index in [0.29, 0.717) is 43.0 Å². The first kappa shape index (κ1) is 20.8. The Bertz CT molecular complexity index is 1060. The highest BCUT2D eigenvalue weighted by molar-refractivity contribution is 5.94. The number of hydrogen-bond acceptors (Lipinski definition) is 5. The van der Waals surface area contributed by atoms with Crippen LogP contribution in [0.2, 0.25) is 0 Å². The number of rotatable bonds is 3. The number of nitrogens with zero attached hydrogens (tertiary/aromatic N) is 4. The van der Waals surface area contributed by atoms with Crippen LogP contribution in [0.5, 0.6) is 0 Å². The van der Waals surface area contributed by atoms with Crippen molar-refractivity contribution >= 4 is 11.8 Å². The van der Waals surface area contributed by atoms with Gasteiger partial charge in [0, 0.05) is 37.8 Å². The number of likely N-dealkylation sites (tertiary alicyclic amines) is 1. The average molecular weight is 436 g/mol. The van der Waals surface area contributed by atoms with Crippen LogP contribution >= 0.6 is 0 Å². The number of aromatic nitrogens is 3. The van der Waals surface area contributed by atoms with Gasteiger partial charge < -0.3 is 14.8 Å². The van der Waals surface area contributed by atoms with Gasteiger partial charge in [-0.15, -0.1) is 0 Å². The molecule has 8 heteroatoms. The first-order chi connectivity index (χ1) is 15.6. The first-order valence-electron chi connectivity index (χ1n) is 11.7. The van der Waals surface area contributed by atoms with Gasteiger partial charge in [0.1, 0.15) is 5.82 Å². The summed E-state index contributed by atoms with van der Waals surface area (Å²) in [6.45, 7) is 1.56. The fourth-order valence-corrected chi connectivity index (χ4v) is 5.34. The maximum absolute atomic E-state index is 13.1. The maximum atomic E-state index is 13.1. The molecule has 8 nitrogen and oxygen atoms in total. The molecular weight excluding hydrogens is 406 g/mol. The van der Waals surface area contributed by atoms with E-state index in [0.717, 1.165) is 50.6 Å². The molecule has 1 atom stereocenters. The number of amides is 2. The monoisotopic (exact) mass is 435 g/mol. The van der Waals surface area contributed by atoms with Crippen LogP contribution in [-0.2, 0) is 17.8 Å². The molecule has 1 N–H and O–H groups in total. The van der Waals surface area contributed by atoms with Gasteiger partial charge in [0.25, 0.3) is 11.5 Å². The molecule has 2 aliphatic heterocycles. The van der Waals surface area contributed by atoms with Crippen molar-refractivity contribution in [3.8, 4) is 0 Å². The summed E-state index contributed by atoms with van der Waals surface area (Å²) in [4.78, 5) is 54.4. The molecule has 2 fully saturated rings. The molecule has 0 spiro atoms. The highest BCUT2D eigenvalue weighted by Crippen LogP contribution is 2.31. The van der Waals surface area contributed by atoms with E-state index < -0.39 is 0 Å². The highest BCUT2D eigenvalue weighted by atomic mass is 16.2. The maximum Gasteiger partial charge on any atom is 0.256 e. The van der Waals surface area contributed by atoms with Gasteiger partial charge in [0.2, 0.25) is 5.91 Å². The molecule has 5 rings (SSSR count). The van der Waals surface area contributed by atoms with E-state index in [9.17, 15) is 14.4 Å². The van der Waals surface area contributed by atoms with Crippen LogP contribution in [0, 0.1) is 5.92 Å². The quantitative estimate of drug-likeness (QED) is 0.799. The lowest BCUT2D eigenvalue weighted by Gasteiger charge is -2.36. The summed E-state index contributed by atoms with van der Waals surface area (Å²) in [6, 6.07) is 3.26. The SMILES string of the molecule is O=C(C1CCCC1)N1CCc2nc([C@H]3CCCCN3C(=O)c3cccnc3)[nH]c(=O)c2C1. The van der Waals surface area contributed by atoms with Gasteiger partial charge in [-0.25, -0.2) is 4.98 Å². The third-order valence-corrected chi connectivity index (χ3v) is 7.09. The van der Waals surface area contributed by atoms with Gasteiger partial charge in [-0.05, 0) is 44.2 Å². The van der Waals surface area contributed by atoms with Crippen LogP contribution in [-0.4, -0.2) is 49.7 Å². The second-order valence-electron chi connectivity index (χ2n) is 9.12. The molecule has 1 saturated carbocycles. The highest BCUT2D eigenvalue weighted by Gasteiger charge is 2.34. The Kier molecular flexibility index (Phi) is 5.76. The fraction of sp³-hybridized carbons (Fsp3) is 0.542.